The third-order valence-electron chi connectivity index (χ3n) is 4.88. The molecule has 0 radical (unpaired) electrons. The van der Waals surface area contributed by atoms with Crippen LogP contribution in [0.15, 0.2) is 66.7 Å². The van der Waals surface area contributed by atoms with Gasteiger partial charge in [-0.05, 0) is 53.3 Å². The Labute approximate surface area is 177 Å². The molecule has 30 heavy (non-hydrogen) atoms. The van der Waals surface area contributed by atoms with E-state index in [9.17, 15) is 9.18 Å². The summed E-state index contributed by atoms with van der Waals surface area (Å²) in [7, 11) is 0. The average molecular weight is 406 g/mol. The van der Waals surface area contributed by atoms with Crippen molar-refractivity contribution in [3.8, 4) is 28.0 Å². The number of carbonyl (C=O) groups excluding carboxylic acids is 1. The van der Waals surface area contributed by atoms with E-state index in [0.717, 1.165) is 36.8 Å². The van der Waals surface area contributed by atoms with Crippen LogP contribution in [0.1, 0.15) is 38.7 Å². The van der Waals surface area contributed by atoms with Crippen molar-refractivity contribution in [1.29, 1.82) is 0 Å². The minimum Gasteiger partial charge on any atom is -0.434 e. The fraction of sp³-hybridized carbons (Fsp3) is 0.269. The Morgan fingerprint density at radius 3 is 2.13 bits per heavy atom. The van der Waals surface area contributed by atoms with Crippen molar-refractivity contribution in [2.45, 2.75) is 39.5 Å². The lowest BCUT2D eigenvalue weighted by Gasteiger charge is -2.09. The molecule has 0 amide bonds. The molecule has 3 nitrogen and oxygen atoms in total. The van der Waals surface area contributed by atoms with Crippen molar-refractivity contribution in [2.24, 2.45) is 0 Å². The normalized spacial score (nSPS) is 10.6. The van der Waals surface area contributed by atoms with Gasteiger partial charge in [0.1, 0.15) is 11.6 Å². The van der Waals surface area contributed by atoms with Gasteiger partial charge in [-0.3, -0.25) is 0 Å². The van der Waals surface area contributed by atoms with Gasteiger partial charge in [-0.25, -0.2) is 9.18 Å². The van der Waals surface area contributed by atoms with E-state index in [1.54, 1.807) is 36.4 Å². The minimum atomic E-state index is -0.725. The molecular weight excluding hydrogens is 379 g/mol. The predicted octanol–water partition coefficient (Wildman–Crippen LogP) is 7.43. The number of carbonyl (C=O) groups is 1. The summed E-state index contributed by atoms with van der Waals surface area (Å²) in [6.45, 7) is 4.51. The van der Waals surface area contributed by atoms with E-state index in [4.69, 9.17) is 9.47 Å². The first-order valence-electron chi connectivity index (χ1n) is 10.4. The Morgan fingerprint density at radius 1 is 0.833 bits per heavy atom. The van der Waals surface area contributed by atoms with Gasteiger partial charge in [0.05, 0.1) is 6.61 Å². The van der Waals surface area contributed by atoms with E-state index in [2.05, 4.69) is 19.1 Å². The number of aryl methyl sites for hydroxylation is 1. The van der Waals surface area contributed by atoms with E-state index in [0.29, 0.717) is 23.5 Å². The molecule has 3 aromatic carbocycles. The van der Waals surface area contributed by atoms with Crippen LogP contribution in [-0.4, -0.2) is 12.8 Å². The second kappa shape index (κ2) is 10.6. The van der Waals surface area contributed by atoms with Gasteiger partial charge >= 0.3 is 6.16 Å². The molecule has 0 saturated carbocycles. The molecule has 0 heterocycles. The first-order valence-corrected chi connectivity index (χ1v) is 10.4. The number of halogens is 1. The highest BCUT2D eigenvalue weighted by atomic mass is 19.1. The van der Waals surface area contributed by atoms with Gasteiger partial charge in [0, 0.05) is 5.56 Å². The van der Waals surface area contributed by atoms with Gasteiger partial charge in [-0.15, -0.1) is 0 Å². The summed E-state index contributed by atoms with van der Waals surface area (Å²) in [5.74, 6) is 0.0715. The van der Waals surface area contributed by atoms with Crippen LogP contribution >= 0.6 is 0 Å². The second-order valence-corrected chi connectivity index (χ2v) is 7.22. The standard InChI is InChI=1S/C26H27FO3/c1-3-5-17-29-26(28)30-23-14-11-21(12-15-23)24-16-13-22(18-25(24)27)20-9-7-19(6-4-2)8-10-20/h7-16,18H,3-6,17H2,1-2H3. The topological polar surface area (TPSA) is 35.5 Å². The van der Waals surface area contributed by atoms with Crippen molar-refractivity contribution in [3.05, 3.63) is 78.1 Å². The van der Waals surface area contributed by atoms with Crippen LogP contribution in [0.5, 0.6) is 5.75 Å². The van der Waals surface area contributed by atoms with E-state index in [-0.39, 0.29) is 5.82 Å². The zero-order valence-corrected chi connectivity index (χ0v) is 17.5. The fourth-order valence-corrected chi connectivity index (χ4v) is 3.21. The Morgan fingerprint density at radius 2 is 1.50 bits per heavy atom. The molecule has 0 aliphatic rings. The number of benzene rings is 3. The van der Waals surface area contributed by atoms with Crippen LogP contribution in [0.25, 0.3) is 22.3 Å². The lowest BCUT2D eigenvalue weighted by Crippen LogP contribution is -2.11. The number of hydrogen-bond acceptors (Lipinski definition) is 3. The van der Waals surface area contributed by atoms with Gasteiger partial charge < -0.3 is 9.47 Å². The van der Waals surface area contributed by atoms with Gasteiger partial charge in [0.15, 0.2) is 0 Å². The van der Waals surface area contributed by atoms with Gasteiger partial charge in [0.2, 0.25) is 0 Å². The van der Waals surface area contributed by atoms with Gasteiger partial charge in [-0.2, -0.15) is 0 Å². The van der Waals surface area contributed by atoms with Crippen molar-refractivity contribution < 1.29 is 18.7 Å². The summed E-state index contributed by atoms with van der Waals surface area (Å²) in [5, 5.41) is 0. The first kappa shape index (κ1) is 21.6. The maximum absolute atomic E-state index is 14.8. The molecule has 0 aliphatic heterocycles. The van der Waals surface area contributed by atoms with Crippen LogP contribution in [0.3, 0.4) is 0 Å². The number of unbranched alkanes of at least 4 members (excludes halogenated alkanes) is 1. The molecule has 0 aliphatic carbocycles. The second-order valence-electron chi connectivity index (χ2n) is 7.22. The number of rotatable bonds is 8. The van der Waals surface area contributed by atoms with Crippen molar-refractivity contribution >= 4 is 6.16 Å². The van der Waals surface area contributed by atoms with E-state index >= 15 is 0 Å². The summed E-state index contributed by atoms with van der Waals surface area (Å²) < 4.78 is 24.9. The molecule has 0 bridgehead atoms. The molecule has 156 valence electrons. The largest absolute Gasteiger partial charge is 0.513 e. The van der Waals surface area contributed by atoms with E-state index in [1.165, 1.54) is 5.56 Å². The van der Waals surface area contributed by atoms with Crippen LogP contribution in [-0.2, 0) is 11.2 Å². The lowest BCUT2D eigenvalue weighted by atomic mass is 9.98. The molecule has 0 saturated heterocycles. The molecule has 4 heteroatoms. The monoisotopic (exact) mass is 406 g/mol. The maximum atomic E-state index is 14.8. The molecule has 0 unspecified atom stereocenters. The summed E-state index contributed by atoms with van der Waals surface area (Å²) >= 11 is 0. The van der Waals surface area contributed by atoms with E-state index < -0.39 is 6.16 Å². The Bertz CT molecular complexity index is 963. The maximum Gasteiger partial charge on any atom is 0.513 e. The summed E-state index contributed by atoms with van der Waals surface area (Å²) in [4.78, 5) is 11.6. The zero-order valence-electron chi connectivity index (χ0n) is 17.5. The molecule has 0 spiro atoms. The molecule has 0 atom stereocenters. The summed E-state index contributed by atoms with van der Waals surface area (Å²) in [5.41, 5.74) is 4.33. The number of hydrogen-bond donors (Lipinski definition) is 0. The molecule has 3 aromatic rings. The van der Waals surface area contributed by atoms with Crippen LogP contribution in [0.2, 0.25) is 0 Å². The van der Waals surface area contributed by atoms with Gasteiger partial charge in [0.25, 0.3) is 0 Å². The zero-order chi connectivity index (χ0) is 21.3. The van der Waals surface area contributed by atoms with Crippen molar-refractivity contribution in [1.82, 2.24) is 0 Å². The minimum absolute atomic E-state index is 0.294. The predicted molar refractivity (Wildman–Crippen MR) is 118 cm³/mol. The molecule has 0 fully saturated rings. The Hall–Kier alpha value is -3.14. The van der Waals surface area contributed by atoms with Crippen molar-refractivity contribution in [3.63, 3.8) is 0 Å². The summed E-state index contributed by atoms with van der Waals surface area (Å²) in [6.07, 6.45) is 3.16. The van der Waals surface area contributed by atoms with Crippen LogP contribution in [0, 0.1) is 5.82 Å². The Balaban J connectivity index is 1.69. The third-order valence-corrected chi connectivity index (χ3v) is 4.88. The average Bonchev–Trinajstić information content (AvgIpc) is 2.75. The molecule has 0 aromatic heterocycles. The quantitative estimate of drug-likeness (QED) is 0.222. The van der Waals surface area contributed by atoms with E-state index in [1.807, 2.05) is 25.1 Å². The first-order chi connectivity index (χ1) is 14.6. The number of ether oxygens (including phenoxy) is 2. The van der Waals surface area contributed by atoms with Crippen LogP contribution in [0.4, 0.5) is 9.18 Å². The lowest BCUT2D eigenvalue weighted by molar-refractivity contribution is 0.0978. The molecular formula is C26H27FO3. The molecule has 3 rings (SSSR count). The highest BCUT2D eigenvalue weighted by Gasteiger charge is 2.10. The Kier molecular flexibility index (Phi) is 7.61. The smallest absolute Gasteiger partial charge is 0.434 e. The third kappa shape index (κ3) is 5.69. The van der Waals surface area contributed by atoms with Gasteiger partial charge in [-0.1, -0.05) is 75.2 Å². The van der Waals surface area contributed by atoms with Crippen LogP contribution < -0.4 is 4.74 Å². The summed E-state index contributed by atoms with van der Waals surface area (Å²) in [6, 6.07) is 20.2. The molecule has 0 N–H and O–H groups in total. The highest BCUT2D eigenvalue weighted by molar-refractivity contribution is 5.72. The SMILES string of the molecule is CCCCOC(=O)Oc1ccc(-c2ccc(-c3ccc(CCC)cc3)cc2F)cc1. The highest BCUT2D eigenvalue weighted by Crippen LogP contribution is 2.29. The fourth-order valence-electron chi connectivity index (χ4n) is 3.21. The van der Waals surface area contributed by atoms with Crippen molar-refractivity contribution in [2.75, 3.05) is 6.61 Å².